The summed E-state index contributed by atoms with van der Waals surface area (Å²) in [5.41, 5.74) is 2.54. The van der Waals surface area contributed by atoms with E-state index in [2.05, 4.69) is 24.9 Å². The Balaban J connectivity index is 2.17. The van der Waals surface area contributed by atoms with Crippen molar-refractivity contribution in [1.82, 2.24) is 5.32 Å². The van der Waals surface area contributed by atoms with Gasteiger partial charge in [-0.3, -0.25) is 0 Å². The number of unbranched alkanes of at least 4 members (excludes halogenated alkanes) is 1. The topological polar surface area (TPSA) is 45.0 Å². The summed E-state index contributed by atoms with van der Waals surface area (Å²) in [5.74, 6) is 1.88. The molecule has 1 aromatic rings. The van der Waals surface area contributed by atoms with Crippen LogP contribution in [0.5, 0.6) is 5.75 Å². The van der Waals surface area contributed by atoms with Crippen LogP contribution < -0.4 is 10.1 Å². The van der Waals surface area contributed by atoms with Crippen LogP contribution in [0, 0.1) is 11.3 Å². The molecule has 0 radical (unpaired) electrons. The molecule has 2 rings (SSSR count). The second kappa shape index (κ2) is 8.21. The summed E-state index contributed by atoms with van der Waals surface area (Å²) in [5, 5.41) is 12.8. The van der Waals surface area contributed by atoms with Gasteiger partial charge in [0.1, 0.15) is 17.2 Å². The Bertz CT molecular complexity index is 602. The lowest BCUT2D eigenvalue weighted by atomic mass is 10.2. The quantitative estimate of drug-likeness (QED) is 0.757. The molecule has 0 aromatic heterocycles. The first-order valence-electron chi connectivity index (χ1n) is 7.23. The van der Waals surface area contributed by atoms with Crippen LogP contribution in [-0.2, 0) is 0 Å². The minimum absolute atomic E-state index is 0.0830. The van der Waals surface area contributed by atoms with Crippen LogP contribution in [0.3, 0.4) is 0 Å². The number of nitrogens with one attached hydrogen (secondary N) is 1. The molecule has 1 atom stereocenters. The van der Waals surface area contributed by atoms with Crippen molar-refractivity contribution in [3.05, 3.63) is 51.9 Å². The molecular weight excluding hydrogens is 312 g/mol. The Labute approximate surface area is 140 Å². The van der Waals surface area contributed by atoms with Gasteiger partial charge < -0.3 is 10.1 Å². The van der Waals surface area contributed by atoms with Crippen molar-refractivity contribution in [3.8, 4) is 11.8 Å². The summed E-state index contributed by atoms with van der Waals surface area (Å²) in [4.78, 5) is 0. The van der Waals surface area contributed by atoms with E-state index in [1.165, 1.54) is 0 Å². The summed E-state index contributed by atoms with van der Waals surface area (Å²) in [6.07, 6.45) is 2.31. The number of thioether (sulfide) groups is 2. The van der Waals surface area contributed by atoms with Crippen molar-refractivity contribution in [3.63, 3.8) is 0 Å². The van der Waals surface area contributed by atoms with E-state index in [9.17, 15) is 5.26 Å². The first-order valence-corrected chi connectivity index (χ1v) is 9.09. The van der Waals surface area contributed by atoms with Gasteiger partial charge in [0.2, 0.25) is 0 Å². The second-order valence-electron chi connectivity index (χ2n) is 4.87. The van der Waals surface area contributed by atoms with E-state index in [0.29, 0.717) is 11.3 Å². The van der Waals surface area contributed by atoms with Crippen molar-refractivity contribution in [2.24, 2.45) is 0 Å². The smallest absolute Gasteiger partial charge is 0.118 e. The van der Waals surface area contributed by atoms with Gasteiger partial charge in [0, 0.05) is 5.70 Å². The number of hydrogen-bond donors (Lipinski definition) is 1. The Morgan fingerprint density at radius 3 is 2.73 bits per heavy atom. The van der Waals surface area contributed by atoms with Crippen molar-refractivity contribution in [2.75, 3.05) is 12.9 Å². The van der Waals surface area contributed by atoms with E-state index in [1.54, 1.807) is 30.6 Å². The molecule has 1 aliphatic heterocycles. The maximum absolute atomic E-state index is 9.36. The van der Waals surface area contributed by atoms with Crippen LogP contribution in [0.25, 0.3) is 0 Å². The maximum atomic E-state index is 9.36. The van der Waals surface area contributed by atoms with Crippen LogP contribution in [-0.4, -0.2) is 12.9 Å². The molecule has 1 heterocycles. The van der Waals surface area contributed by atoms with E-state index in [1.807, 2.05) is 24.3 Å². The fourth-order valence-corrected chi connectivity index (χ4v) is 4.75. The number of hydrogen-bond acceptors (Lipinski definition) is 5. The van der Waals surface area contributed by atoms with Crippen molar-refractivity contribution >= 4 is 23.5 Å². The van der Waals surface area contributed by atoms with Crippen LogP contribution in [0.4, 0.5) is 0 Å². The molecule has 0 spiro atoms. The summed E-state index contributed by atoms with van der Waals surface area (Å²) < 4.78 is 6.27. The van der Waals surface area contributed by atoms with Gasteiger partial charge in [0.05, 0.1) is 16.9 Å². The normalized spacial score (nSPS) is 17.9. The predicted octanol–water partition coefficient (Wildman–Crippen LogP) is 4.81. The highest BCUT2D eigenvalue weighted by molar-refractivity contribution is 8.22. The van der Waals surface area contributed by atoms with Gasteiger partial charge in [-0.1, -0.05) is 43.8 Å². The zero-order valence-corrected chi connectivity index (χ0v) is 14.5. The standard InChI is InChI=1S/C17H20N2OS2/c1-4-5-10-21-17-15(11-18)12(2)19-16(22-17)13-6-8-14(20-3)9-7-13/h6-9,16,19H,2,4-5,10H2,1,3H3. The average Bonchev–Trinajstić information content (AvgIpc) is 2.55. The molecule has 22 heavy (non-hydrogen) atoms. The lowest BCUT2D eigenvalue weighted by molar-refractivity contribution is 0.414. The number of benzene rings is 1. The van der Waals surface area contributed by atoms with Gasteiger partial charge in [-0.2, -0.15) is 5.26 Å². The van der Waals surface area contributed by atoms with Crippen molar-refractivity contribution in [1.29, 1.82) is 5.26 Å². The monoisotopic (exact) mass is 332 g/mol. The van der Waals surface area contributed by atoms with Gasteiger partial charge in [0.15, 0.2) is 0 Å². The van der Waals surface area contributed by atoms with Crippen LogP contribution in [0.2, 0.25) is 0 Å². The Morgan fingerprint density at radius 2 is 2.14 bits per heavy atom. The van der Waals surface area contributed by atoms with E-state index in [4.69, 9.17) is 4.74 Å². The van der Waals surface area contributed by atoms with Crippen LogP contribution >= 0.6 is 23.5 Å². The third-order valence-electron chi connectivity index (χ3n) is 3.30. The molecule has 5 heteroatoms. The number of nitriles is 1. The van der Waals surface area contributed by atoms with Gasteiger partial charge in [-0.15, -0.1) is 11.8 Å². The largest absolute Gasteiger partial charge is 0.497 e. The third kappa shape index (κ3) is 4.02. The highest BCUT2D eigenvalue weighted by Gasteiger charge is 2.25. The zero-order valence-electron chi connectivity index (χ0n) is 12.9. The fourth-order valence-electron chi connectivity index (χ4n) is 2.01. The molecule has 116 valence electrons. The third-order valence-corrected chi connectivity index (χ3v) is 5.94. The average molecular weight is 332 g/mol. The maximum Gasteiger partial charge on any atom is 0.118 e. The predicted molar refractivity (Wildman–Crippen MR) is 95.6 cm³/mol. The number of nitrogens with zero attached hydrogens (tertiary/aromatic N) is 1. The summed E-state index contributed by atoms with van der Waals surface area (Å²) >= 11 is 3.45. The lowest BCUT2D eigenvalue weighted by Crippen LogP contribution is -2.22. The minimum atomic E-state index is 0.0830. The second-order valence-corrected chi connectivity index (χ2v) is 7.35. The van der Waals surface area contributed by atoms with E-state index in [-0.39, 0.29) is 5.37 Å². The van der Waals surface area contributed by atoms with Crippen LogP contribution in [0.15, 0.2) is 46.4 Å². The van der Waals surface area contributed by atoms with Crippen molar-refractivity contribution in [2.45, 2.75) is 25.1 Å². The molecule has 0 fully saturated rings. The molecule has 0 amide bonds. The summed E-state index contributed by atoms with van der Waals surface area (Å²) in [7, 11) is 1.66. The van der Waals surface area contributed by atoms with Gasteiger partial charge in [-0.25, -0.2) is 0 Å². The molecule has 1 aliphatic rings. The Kier molecular flexibility index (Phi) is 6.29. The molecular formula is C17H20N2OS2. The summed E-state index contributed by atoms with van der Waals surface area (Å²) in [6, 6.07) is 10.3. The number of methoxy groups -OCH3 is 1. The lowest BCUT2D eigenvalue weighted by Gasteiger charge is -2.28. The molecule has 1 N–H and O–H groups in total. The molecule has 0 bridgehead atoms. The molecule has 0 aliphatic carbocycles. The molecule has 1 aromatic carbocycles. The fraction of sp³-hybridized carbons (Fsp3) is 0.353. The first-order chi connectivity index (χ1) is 10.7. The Hall–Kier alpha value is -1.51. The number of ether oxygens (including phenoxy) is 1. The van der Waals surface area contributed by atoms with E-state index < -0.39 is 0 Å². The van der Waals surface area contributed by atoms with E-state index >= 15 is 0 Å². The van der Waals surface area contributed by atoms with Crippen molar-refractivity contribution < 1.29 is 4.74 Å². The Morgan fingerprint density at radius 1 is 1.41 bits per heavy atom. The van der Waals surface area contributed by atoms with E-state index in [0.717, 1.165) is 34.1 Å². The van der Waals surface area contributed by atoms with Gasteiger partial charge in [-0.05, 0) is 29.9 Å². The molecule has 1 unspecified atom stereocenters. The first kappa shape index (κ1) is 16.9. The van der Waals surface area contributed by atoms with Crippen LogP contribution in [0.1, 0.15) is 30.7 Å². The summed E-state index contributed by atoms with van der Waals surface area (Å²) in [6.45, 7) is 6.19. The number of allylic oxidation sites excluding steroid dienone is 1. The molecule has 0 saturated carbocycles. The van der Waals surface area contributed by atoms with Gasteiger partial charge >= 0.3 is 0 Å². The van der Waals surface area contributed by atoms with Gasteiger partial charge in [0.25, 0.3) is 0 Å². The highest BCUT2D eigenvalue weighted by atomic mass is 32.2. The molecule has 3 nitrogen and oxygen atoms in total. The number of rotatable bonds is 6. The SMILES string of the molecule is C=C1NC(c2ccc(OC)cc2)SC(SCCCC)=C1C#N. The molecule has 0 saturated heterocycles. The zero-order chi connectivity index (χ0) is 15.9. The minimum Gasteiger partial charge on any atom is -0.497 e. The highest BCUT2D eigenvalue weighted by Crippen LogP contribution is 2.46.